The number of ether oxygens (including phenoxy) is 1. The average molecular weight is 313 g/mol. The second kappa shape index (κ2) is 3.84. The smallest absolute Gasteiger partial charge is 0.155 e. The first-order valence-corrected chi connectivity index (χ1v) is 6.91. The third-order valence-corrected chi connectivity index (χ3v) is 4.93. The van der Waals surface area contributed by atoms with Gasteiger partial charge < -0.3 is 25.8 Å². The number of alkyl halides is 1. The Kier molecular flexibility index (Phi) is 2.42. The predicted octanol–water partition coefficient (Wildman–Crippen LogP) is -1.17. The molecule has 0 aromatic carbocycles. The molecule has 5 N–H and O–H groups in total. The molecule has 5 atom stereocenters. The van der Waals surface area contributed by atoms with E-state index < -0.39 is 29.5 Å². The molecule has 1 saturated heterocycles. The van der Waals surface area contributed by atoms with Crippen molar-refractivity contribution in [2.75, 3.05) is 11.6 Å². The maximum Gasteiger partial charge on any atom is 0.155 e. The molecule has 0 amide bonds. The molecule has 2 aromatic heterocycles. The summed E-state index contributed by atoms with van der Waals surface area (Å²) in [5.41, 5.74) is 3.72. The number of nitrogens with zero attached hydrogens (tertiary/aromatic N) is 3. The SMILES string of the molecule is Nc1ncnn2c([C@@H]3O[C@]4(CCl)C(O)[C@]4(O)[C@H]3O)ccc12. The number of fused-ring (bicyclic) bond motifs is 2. The molecule has 2 fully saturated rings. The number of hydrogen-bond acceptors (Lipinski definition) is 7. The lowest BCUT2D eigenvalue weighted by molar-refractivity contribution is -0.0796. The number of nitrogen functional groups attached to an aromatic ring is 1. The zero-order valence-corrected chi connectivity index (χ0v) is 11.5. The molecule has 1 aliphatic carbocycles. The summed E-state index contributed by atoms with van der Waals surface area (Å²) in [5, 5.41) is 34.6. The Labute approximate surface area is 123 Å². The third-order valence-electron chi connectivity index (χ3n) is 4.53. The highest BCUT2D eigenvalue weighted by Crippen LogP contribution is 2.63. The fraction of sp³-hybridized carbons (Fsp3) is 0.500. The van der Waals surface area contributed by atoms with Gasteiger partial charge in [-0.05, 0) is 12.1 Å². The van der Waals surface area contributed by atoms with Crippen molar-refractivity contribution in [1.29, 1.82) is 0 Å². The number of aliphatic hydroxyl groups is 3. The van der Waals surface area contributed by atoms with Gasteiger partial charge in [-0.3, -0.25) is 0 Å². The standard InChI is InChI=1S/C12H13ClN4O4/c13-3-11-10(19)12(11,20)8(18)7(21-11)5-1-2-6-9(14)15-4-16-17(5)6/h1-2,4,7-8,10,18-20H,3H2,(H2,14,15,16)/t7-,8-,10?,11+,12+/m0/s1. The van der Waals surface area contributed by atoms with Crippen molar-refractivity contribution >= 4 is 22.9 Å². The molecule has 8 nitrogen and oxygen atoms in total. The van der Waals surface area contributed by atoms with E-state index in [1.165, 1.54) is 10.8 Å². The van der Waals surface area contributed by atoms with E-state index in [9.17, 15) is 15.3 Å². The molecule has 1 saturated carbocycles. The van der Waals surface area contributed by atoms with Crippen LogP contribution in [0.1, 0.15) is 11.8 Å². The Balaban J connectivity index is 1.80. The van der Waals surface area contributed by atoms with Crippen LogP contribution in [0.25, 0.3) is 5.52 Å². The Morgan fingerprint density at radius 2 is 2.19 bits per heavy atom. The van der Waals surface area contributed by atoms with Crippen molar-refractivity contribution < 1.29 is 20.1 Å². The van der Waals surface area contributed by atoms with Crippen LogP contribution < -0.4 is 5.73 Å². The molecule has 2 aromatic rings. The van der Waals surface area contributed by atoms with Crippen LogP contribution in [-0.2, 0) is 4.74 Å². The fourth-order valence-electron chi connectivity index (χ4n) is 3.21. The van der Waals surface area contributed by atoms with E-state index in [2.05, 4.69) is 10.1 Å². The molecule has 0 spiro atoms. The topological polar surface area (TPSA) is 126 Å². The van der Waals surface area contributed by atoms with Crippen molar-refractivity contribution in [3.63, 3.8) is 0 Å². The molecular weight excluding hydrogens is 300 g/mol. The van der Waals surface area contributed by atoms with Gasteiger partial charge in [0.2, 0.25) is 0 Å². The van der Waals surface area contributed by atoms with Gasteiger partial charge in [-0.2, -0.15) is 5.10 Å². The van der Waals surface area contributed by atoms with Crippen LogP contribution in [0, 0.1) is 0 Å². The Hall–Kier alpha value is -1.45. The number of halogens is 1. The Bertz CT molecular complexity index is 735. The van der Waals surface area contributed by atoms with Crippen molar-refractivity contribution in [2.24, 2.45) is 0 Å². The van der Waals surface area contributed by atoms with Crippen LogP contribution in [0.4, 0.5) is 5.82 Å². The Morgan fingerprint density at radius 1 is 1.43 bits per heavy atom. The van der Waals surface area contributed by atoms with Gasteiger partial charge in [0.1, 0.15) is 35.8 Å². The monoisotopic (exact) mass is 312 g/mol. The van der Waals surface area contributed by atoms with Crippen LogP contribution in [0.2, 0.25) is 0 Å². The molecule has 0 radical (unpaired) electrons. The number of anilines is 1. The van der Waals surface area contributed by atoms with Crippen molar-refractivity contribution in [1.82, 2.24) is 14.6 Å². The minimum atomic E-state index is -1.76. The molecule has 1 aliphatic heterocycles. The Morgan fingerprint density at radius 3 is 2.86 bits per heavy atom. The van der Waals surface area contributed by atoms with Gasteiger partial charge in [0.15, 0.2) is 11.4 Å². The quantitative estimate of drug-likeness (QED) is 0.514. The molecule has 0 bridgehead atoms. The molecule has 2 aliphatic rings. The van der Waals surface area contributed by atoms with Crippen LogP contribution >= 0.6 is 11.6 Å². The van der Waals surface area contributed by atoms with E-state index in [0.29, 0.717) is 17.0 Å². The summed E-state index contributed by atoms with van der Waals surface area (Å²) < 4.78 is 7.17. The number of nitrogens with two attached hydrogens (primary N) is 1. The third kappa shape index (κ3) is 1.30. The number of aromatic nitrogens is 3. The largest absolute Gasteiger partial charge is 0.387 e. The summed E-state index contributed by atoms with van der Waals surface area (Å²) in [7, 11) is 0. The van der Waals surface area contributed by atoms with Crippen LogP contribution in [0.3, 0.4) is 0 Å². The molecule has 21 heavy (non-hydrogen) atoms. The fourth-order valence-corrected chi connectivity index (χ4v) is 3.63. The molecule has 1 unspecified atom stereocenters. The minimum absolute atomic E-state index is 0.126. The average Bonchev–Trinajstić information content (AvgIpc) is 2.82. The van der Waals surface area contributed by atoms with Crippen molar-refractivity contribution in [3.05, 3.63) is 24.2 Å². The van der Waals surface area contributed by atoms with Crippen LogP contribution in [0.15, 0.2) is 18.5 Å². The lowest BCUT2D eigenvalue weighted by Gasteiger charge is -2.21. The van der Waals surface area contributed by atoms with Crippen LogP contribution in [0.5, 0.6) is 0 Å². The first-order chi connectivity index (χ1) is 9.97. The summed E-state index contributed by atoms with van der Waals surface area (Å²) in [6, 6.07) is 3.37. The zero-order valence-electron chi connectivity index (χ0n) is 10.7. The zero-order chi connectivity index (χ0) is 15.0. The molecule has 9 heteroatoms. The molecular formula is C12H13ClN4O4. The van der Waals surface area contributed by atoms with Crippen LogP contribution in [-0.4, -0.2) is 59.2 Å². The van der Waals surface area contributed by atoms with Gasteiger partial charge in [0.25, 0.3) is 0 Å². The molecule has 4 rings (SSSR count). The van der Waals surface area contributed by atoms with E-state index in [1.807, 2.05) is 0 Å². The van der Waals surface area contributed by atoms with E-state index in [-0.39, 0.29) is 5.88 Å². The van der Waals surface area contributed by atoms with Crippen molar-refractivity contribution in [2.45, 2.75) is 29.5 Å². The summed E-state index contributed by atoms with van der Waals surface area (Å²) in [6.45, 7) is 0. The van der Waals surface area contributed by atoms with Gasteiger partial charge >= 0.3 is 0 Å². The number of hydrogen-bond donors (Lipinski definition) is 4. The summed E-state index contributed by atoms with van der Waals surface area (Å²) in [4.78, 5) is 3.88. The summed E-state index contributed by atoms with van der Waals surface area (Å²) in [5.74, 6) is 0.165. The van der Waals surface area contributed by atoms with Gasteiger partial charge in [0.05, 0.1) is 11.6 Å². The van der Waals surface area contributed by atoms with E-state index in [0.717, 1.165) is 0 Å². The first-order valence-electron chi connectivity index (χ1n) is 6.38. The number of rotatable bonds is 2. The van der Waals surface area contributed by atoms with Crippen molar-refractivity contribution in [3.8, 4) is 0 Å². The first kappa shape index (κ1) is 13.2. The van der Waals surface area contributed by atoms with Gasteiger partial charge in [-0.1, -0.05) is 0 Å². The maximum atomic E-state index is 10.4. The van der Waals surface area contributed by atoms with E-state index in [4.69, 9.17) is 22.1 Å². The van der Waals surface area contributed by atoms with Gasteiger partial charge in [-0.15, -0.1) is 11.6 Å². The second-order valence-electron chi connectivity index (χ2n) is 5.43. The lowest BCUT2D eigenvalue weighted by Crippen LogP contribution is -2.35. The highest BCUT2D eigenvalue weighted by molar-refractivity contribution is 6.19. The molecule has 112 valence electrons. The summed E-state index contributed by atoms with van der Waals surface area (Å²) in [6.07, 6.45) is -2.11. The second-order valence-corrected chi connectivity index (χ2v) is 5.70. The highest BCUT2D eigenvalue weighted by atomic mass is 35.5. The molecule has 3 heterocycles. The van der Waals surface area contributed by atoms with E-state index in [1.54, 1.807) is 12.1 Å². The summed E-state index contributed by atoms with van der Waals surface area (Å²) >= 11 is 5.80. The minimum Gasteiger partial charge on any atom is -0.387 e. The highest BCUT2D eigenvalue weighted by Gasteiger charge is 2.86. The van der Waals surface area contributed by atoms with Gasteiger partial charge in [-0.25, -0.2) is 9.50 Å². The maximum absolute atomic E-state index is 10.4. The van der Waals surface area contributed by atoms with E-state index >= 15 is 0 Å². The lowest BCUT2D eigenvalue weighted by atomic mass is 10.0. The normalized spacial score (nSPS) is 41.4. The predicted molar refractivity (Wildman–Crippen MR) is 71.6 cm³/mol. The van der Waals surface area contributed by atoms with Gasteiger partial charge in [0, 0.05) is 0 Å². The number of aliphatic hydroxyl groups excluding tert-OH is 2.